The fraction of sp³-hybridized carbons (Fsp3) is 0.750. The molecular weight excluding hydrogens is 154 g/mol. The zero-order valence-corrected chi connectivity index (χ0v) is 7.63. The molecule has 0 bridgehead atoms. The van der Waals surface area contributed by atoms with Gasteiger partial charge in [-0.25, -0.2) is 0 Å². The summed E-state index contributed by atoms with van der Waals surface area (Å²) in [4.78, 5) is 4.20. The largest absolute Gasteiger partial charge is 0.339 e. The first kappa shape index (κ1) is 9.19. The van der Waals surface area contributed by atoms with Crippen molar-refractivity contribution < 1.29 is 4.52 Å². The van der Waals surface area contributed by atoms with E-state index in [1.807, 2.05) is 6.92 Å². The van der Waals surface area contributed by atoms with Crippen molar-refractivity contribution in [3.8, 4) is 0 Å². The van der Waals surface area contributed by atoms with Crippen molar-refractivity contribution in [3.63, 3.8) is 0 Å². The molecular formula is C8H15N3O. The first-order chi connectivity index (χ1) is 5.86. The lowest BCUT2D eigenvalue weighted by Crippen LogP contribution is -2.12. The van der Waals surface area contributed by atoms with Crippen LogP contribution in [0.1, 0.15) is 32.0 Å². The van der Waals surface area contributed by atoms with Crippen LogP contribution in [0.2, 0.25) is 0 Å². The van der Waals surface area contributed by atoms with Gasteiger partial charge >= 0.3 is 0 Å². The third-order valence-corrected chi connectivity index (χ3v) is 1.51. The molecule has 0 spiro atoms. The van der Waals surface area contributed by atoms with Gasteiger partial charge in [-0.05, 0) is 13.0 Å². The zero-order chi connectivity index (χ0) is 8.81. The molecule has 0 saturated heterocycles. The SMILES string of the molecule is CCCc1nc(CNCC)no1. The second-order valence-electron chi connectivity index (χ2n) is 2.63. The van der Waals surface area contributed by atoms with Gasteiger partial charge in [-0.3, -0.25) is 0 Å². The number of aromatic nitrogens is 2. The van der Waals surface area contributed by atoms with Crippen LogP contribution in [0.15, 0.2) is 4.52 Å². The molecule has 0 unspecified atom stereocenters. The molecule has 68 valence electrons. The van der Waals surface area contributed by atoms with E-state index in [-0.39, 0.29) is 0 Å². The van der Waals surface area contributed by atoms with E-state index in [1.54, 1.807) is 0 Å². The first-order valence-electron chi connectivity index (χ1n) is 4.39. The highest BCUT2D eigenvalue weighted by molar-refractivity contribution is 4.85. The normalized spacial score (nSPS) is 10.5. The second kappa shape index (κ2) is 4.87. The van der Waals surface area contributed by atoms with Gasteiger partial charge in [0, 0.05) is 6.42 Å². The fourth-order valence-corrected chi connectivity index (χ4v) is 0.914. The average Bonchev–Trinajstić information content (AvgIpc) is 2.50. The van der Waals surface area contributed by atoms with Crippen molar-refractivity contribution in [2.45, 2.75) is 33.2 Å². The van der Waals surface area contributed by atoms with Gasteiger partial charge in [0.05, 0.1) is 6.54 Å². The third kappa shape index (κ3) is 2.62. The monoisotopic (exact) mass is 169 g/mol. The fourth-order valence-electron chi connectivity index (χ4n) is 0.914. The molecule has 4 nitrogen and oxygen atoms in total. The summed E-state index contributed by atoms with van der Waals surface area (Å²) < 4.78 is 5.00. The highest BCUT2D eigenvalue weighted by atomic mass is 16.5. The van der Waals surface area contributed by atoms with E-state index in [4.69, 9.17) is 4.52 Å². The van der Waals surface area contributed by atoms with E-state index < -0.39 is 0 Å². The maximum atomic E-state index is 5.00. The van der Waals surface area contributed by atoms with E-state index in [0.29, 0.717) is 6.54 Å². The number of aryl methyl sites for hydroxylation is 1. The topological polar surface area (TPSA) is 51.0 Å². The number of rotatable bonds is 5. The van der Waals surface area contributed by atoms with Gasteiger partial charge < -0.3 is 9.84 Å². The van der Waals surface area contributed by atoms with Crippen molar-refractivity contribution in [3.05, 3.63) is 11.7 Å². The van der Waals surface area contributed by atoms with Gasteiger partial charge in [0.15, 0.2) is 5.82 Å². The van der Waals surface area contributed by atoms with Gasteiger partial charge in [0.25, 0.3) is 0 Å². The Balaban J connectivity index is 2.41. The molecule has 0 amide bonds. The highest BCUT2D eigenvalue weighted by Crippen LogP contribution is 1.99. The molecule has 4 heteroatoms. The highest BCUT2D eigenvalue weighted by Gasteiger charge is 2.03. The van der Waals surface area contributed by atoms with Gasteiger partial charge in [0.2, 0.25) is 5.89 Å². The average molecular weight is 169 g/mol. The molecule has 0 saturated carbocycles. The Kier molecular flexibility index (Phi) is 3.73. The van der Waals surface area contributed by atoms with Gasteiger partial charge in [-0.2, -0.15) is 4.98 Å². The summed E-state index contributed by atoms with van der Waals surface area (Å²) in [6, 6.07) is 0. The molecule has 1 heterocycles. The van der Waals surface area contributed by atoms with Gasteiger partial charge in [0.1, 0.15) is 0 Å². The summed E-state index contributed by atoms with van der Waals surface area (Å²) in [5, 5.41) is 6.96. The number of nitrogens with zero attached hydrogens (tertiary/aromatic N) is 2. The maximum absolute atomic E-state index is 5.00. The molecule has 0 aliphatic carbocycles. The molecule has 1 rings (SSSR count). The summed E-state index contributed by atoms with van der Waals surface area (Å²) in [5.41, 5.74) is 0. The van der Waals surface area contributed by atoms with Crippen molar-refractivity contribution in [2.24, 2.45) is 0 Å². The van der Waals surface area contributed by atoms with E-state index >= 15 is 0 Å². The van der Waals surface area contributed by atoms with Crippen LogP contribution >= 0.6 is 0 Å². The smallest absolute Gasteiger partial charge is 0.226 e. The summed E-state index contributed by atoms with van der Waals surface area (Å²) in [6.45, 7) is 5.77. The summed E-state index contributed by atoms with van der Waals surface area (Å²) >= 11 is 0. The third-order valence-electron chi connectivity index (χ3n) is 1.51. The minimum atomic E-state index is 0.698. The quantitative estimate of drug-likeness (QED) is 0.718. The molecule has 1 N–H and O–H groups in total. The zero-order valence-electron chi connectivity index (χ0n) is 7.63. The minimum absolute atomic E-state index is 0.698. The van der Waals surface area contributed by atoms with Crippen LogP contribution in [0.25, 0.3) is 0 Å². The minimum Gasteiger partial charge on any atom is -0.339 e. The number of hydrogen-bond acceptors (Lipinski definition) is 4. The van der Waals surface area contributed by atoms with Crippen molar-refractivity contribution >= 4 is 0 Å². The van der Waals surface area contributed by atoms with Crippen LogP contribution in [0, 0.1) is 0 Å². The van der Waals surface area contributed by atoms with Crippen LogP contribution in [0.3, 0.4) is 0 Å². The molecule has 0 aromatic carbocycles. The Morgan fingerprint density at radius 3 is 2.92 bits per heavy atom. The Morgan fingerprint density at radius 1 is 1.42 bits per heavy atom. The van der Waals surface area contributed by atoms with Crippen LogP contribution in [0.5, 0.6) is 0 Å². The summed E-state index contributed by atoms with van der Waals surface area (Å²) in [6.07, 6.45) is 1.92. The molecule has 1 aromatic rings. The molecule has 0 radical (unpaired) electrons. The lowest BCUT2D eigenvalue weighted by Gasteiger charge is -1.92. The van der Waals surface area contributed by atoms with Gasteiger partial charge in [-0.1, -0.05) is 19.0 Å². The van der Waals surface area contributed by atoms with Crippen molar-refractivity contribution in [1.82, 2.24) is 15.5 Å². The molecule has 0 aliphatic rings. The summed E-state index contributed by atoms with van der Waals surface area (Å²) in [7, 11) is 0. The van der Waals surface area contributed by atoms with E-state index in [0.717, 1.165) is 31.1 Å². The number of hydrogen-bond donors (Lipinski definition) is 1. The van der Waals surface area contributed by atoms with Crippen LogP contribution in [-0.2, 0) is 13.0 Å². The van der Waals surface area contributed by atoms with Crippen LogP contribution in [0.4, 0.5) is 0 Å². The Bertz CT molecular complexity index is 222. The first-order valence-corrected chi connectivity index (χ1v) is 4.39. The van der Waals surface area contributed by atoms with E-state index in [9.17, 15) is 0 Å². The molecule has 0 aliphatic heterocycles. The maximum Gasteiger partial charge on any atom is 0.226 e. The van der Waals surface area contributed by atoms with Crippen LogP contribution < -0.4 is 5.32 Å². The van der Waals surface area contributed by atoms with E-state index in [2.05, 4.69) is 22.4 Å². The Hall–Kier alpha value is -0.900. The molecule has 0 fully saturated rings. The predicted octanol–water partition coefficient (Wildman–Crippen LogP) is 1.13. The predicted molar refractivity (Wildman–Crippen MR) is 45.7 cm³/mol. The van der Waals surface area contributed by atoms with Gasteiger partial charge in [-0.15, -0.1) is 0 Å². The lowest BCUT2D eigenvalue weighted by molar-refractivity contribution is 0.371. The van der Waals surface area contributed by atoms with Crippen LogP contribution in [-0.4, -0.2) is 16.7 Å². The molecule has 1 aromatic heterocycles. The number of nitrogens with one attached hydrogen (secondary N) is 1. The van der Waals surface area contributed by atoms with Crippen molar-refractivity contribution in [1.29, 1.82) is 0 Å². The molecule has 12 heavy (non-hydrogen) atoms. The van der Waals surface area contributed by atoms with Crippen molar-refractivity contribution in [2.75, 3.05) is 6.54 Å². The summed E-state index contributed by atoms with van der Waals surface area (Å²) in [5.74, 6) is 1.49. The second-order valence-corrected chi connectivity index (χ2v) is 2.63. The van der Waals surface area contributed by atoms with E-state index in [1.165, 1.54) is 0 Å². The standard InChI is InChI=1S/C8H15N3O/c1-3-5-8-10-7(11-12-8)6-9-4-2/h9H,3-6H2,1-2H3. The lowest BCUT2D eigenvalue weighted by atomic mass is 10.3. The molecule has 0 atom stereocenters. The Morgan fingerprint density at radius 2 is 2.25 bits per heavy atom. The Labute approximate surface area is 72.4 Å².